The van der Waals surface area contributed by atoms with Crippen molar-refractivity contribution in [1.82, 2.24) is 4.90 Å². The zero-order valence-corrected chi connectivity index (χ0v) is 12.0. The van der Waals surface area contributed by atoms with Crippen LogP contribution in [0.2, 0.25) is 0 Å². The van der Waals surface area contributed by atoms with Crippen molar-refractivity contribution >= 4 is 5.91 Å². The smallest absolute Gasteiger partial charge is 0.226 e. The molecule has 1 heterocycles. The van der Waals surface area contributed by atoms with E-state index in [0.717, 1.165) is 30.7 Å². The molecule has 1 fully saturated rings. The Morgan fingerprint density at radius 3 is 3.00 bits per heavy atom. The lowest BCUT2D eigenvalue weighted by molar-refractivity contribution is -0.133. The predicted molar refractivity (Wildman–Crippen MR) is 77.7 cm³/mol. The highest BCUT2D eigenvalue weighted by atomic mass is 16.5. The van der Waals surface area contributed by atoms with Crippen LogP contribution in [0, 0.1) is 12.8 Å². The van der Waals surface area contributed by atoms with E-state index in [1.807, 2.05) is 36.1 Å². The number of hydrogen-bond donors (Lipinski definition) is 1. The van der Waals surface area contributed by atoms with Crippen molar-refractivity contribution in [2.45, 2.75) is 26.2 Å². The lowest BCUT2D eigenvalue weighted by atomic mass is 9.99. The van der Waals surface area contributed by atoms with Gasteiger partial charge in [-0.3, -0.25) is 4.79 Å². The van der Waals surface area contributed by atoms with E-state index in [-0.39, 0.29) is 18.4 Å². The SMILES string of the molecule is Cc1ccccc1OCCC(=O)N1CCCC(CO)C1. The molecule has 1 aromatic rings. The Labute approximate surface area is 120 Å². The molecule has 0 saturated carbocycles. The zero-order valence-electron chi connectivity index (χ0n) is 12.0. The van der Waals surface area contributed by atoms with E-state index >= 15 is 0 Å². The Hall–Kier alpha value is -1.55. The highest BCUT2D eigenvalue weighted by molar-refractivity contribution is 5.76. The van der Waals surface area contributed by atoms with Crippen molar-refractivity contribution in [1.29, 1.82) is 0 Å². The number of para-hydroxylation sites is 1. The minimum absolute atomic E-state index is 0.122. The Balaban J connectivity index is 1.76. The van der Waals surface area contributed by atoms with Gasteiger partial charge in [0.25, 0.3) is 0 Å². The van der Waals surface area contributed by atoms with Crippen molar-refractivity contribution in [2.24, 2.45) is 5.92 Å². The summed E-state index contributed by atoms with van der Waals surface area (Å²) in [7, 11) is 0. The number of benzene rings is 1. The van der Waals surface area contributed by atoms with Crippen LogP contribution in [0.15, 0.2) is 24.3 Å². The molecule has 1 aliphatic rings. The number of likely N-dealkylation sites (tertiary alicyclic amines) is 1. The number of hydrogen-bond acceptors (Lipinski definition) is 3. The first-order chi connectivity index (χ1) is 9.70. The normalized spacial score (nSPS) is 18.9. The Bertz CT molecular complexity index is 447. The maximum absolute atomic E-state index is 12.1. The van der Waals surface area contributed by atoms with Crippen LogP contribution in [-0.2, 0) is 4.79 Å². The molecule has 1 atom stereocenters. The third kappa shape index (κ3) is 3.97. The molecule has 20 heavy (non-hydrogen) atoms. The van der Waals surface area contributed by atoms with Gasteiger partial charge >= 0.3 is 0 Å². The summed E-state index contributed by atoms with van der Waals surface area (Å²) in [6, 6.07) is 7.81. The first-order valence-corrected chi connectivity index (χ1v) is 7.27. The van der Waals surface area contributed by atoms with Gasteiger partial charge in [0.2, 0.25) is 5.91 Å². The highest BCUT2D eigenvalue weighted by Crippen LogP contribution is 2.18. The molecular weight excluding hydrogens is 254 g/mol. The van der Waals surface area contributed by atoms with Gasteiger partial charge in [-0.15, -0.1) is 0 Å². The molecule has 0 aromatic heterocycles. The van der Waals surface area contributed by atoms with Crippen LogP contribution in [0.1, 0.15) is 24.8 Å². The lowest BCUT2D eigenvalue weighted by Crippen LogP contribution is -2.41. The number of aliphatic hydroxyl groups excluding tert-OH is 1. The largest absolute Gasteiger partial charge is 0.493 e. The molecule has 1 unspecified atom stereocenters. The van der Waals surface area contributed by atoms with Gasteiger partial charge in [0.15, 0.2) is 0 Å². The topological polar surface area (TPSA) is 49.8 Å². The van der Waals surface area contributed by atoms with Gasteiger partial charge in [-0.05, 0) is 37.3 Å². The fraction of sp³-hybridized carbons (Fsp3) is 0.562. The van der Waals surface area contributed by atoms with Gasteiger partial charge in [0, 0.05) is 19.7 Å². The molecule has 1 aliphatic heterocycles. The number of aliphatic hydroxyl groups is 1. The standard InChI is InChI=1S/C16H23NO3/c1-13-5-2-3-7-15(13)20-10-8-16(19)17-9-4-6-14(11-17)12-18/h2-3,5,7,14,18H,4,6,8-12H2,1H3. The summed E-state index contributed by atoms with van der Waals surface area (Å²) in [6.07, 6.45) is 2.39. The summed E-state index contributed by atoms with van der Waals surface area (Å²) < 4.78 is 5.65. The summed E-state index contributed by atoms with van der Waals surface area (Å²) in [5.74, 6) is 1.20. The molecule has 0 radical (unpaired) electrons. The van der Waals surface area contributed by atoms with Crippen molar-refractivity contribution in [3.05, 3.63) is 29.8 Å². The van der Waals surface area contributed by atoms with E-state index in [4.69, 9.17) is 4.74 Å². The second kappa shape index (κ2) is 7.29. The van der Waals surface area contributed by atoms with E-state index < -0.39 is 0 Å². The van der Waals surface area contributed by atoms with Gasteiger partial charge < -0.3 is 14.7 Å². The predicted octanol–water partition coefficient (Wildman–Crippen LogP) is 1.99. The molecule has 1 saturated heterocycles. The van der Waals surface area contributed by atoms with E-state index in [1.54, 1.807) is 0 Å². The average Bonchev–Trinajstić information content (AvgIpc) is 2.49. The molecule has 4 heteroatoms. The number of ether oxygens (including phenoxy) is 1. The molecular formula is C16H23NO3. The Morgan fingerprint density at radius 1 is 1.45 bits per heavy atom. The third-order valence-corrected chi connectivity index (χ3v) is 3.80. The lowest BCUT2D eigenvalue weighted by Gasteiger charge is -2.31. The van der Waals surface area contributed by atoms with Crippen molar-refractivity contribution in [3.8, 4) is 5.75 Å². The van der Waals surface area contributed by atoms with Crippen molar-refractivity contribution in [3.63, 3.8) is 0 Å². The number of rotatable bonds is 5. The summed E-state index contributed by atoms with van der Waals surface area (Å²) >= 11 is 0. The Morgan fingerprint density at radius 2 is 2.25 bits per heavy atom. The maximum atomic E-state index is 12.1. The first kappa shape index (κ1) is 14.9. The van der Waals surface area contributed by atoms with E-state index in [9.17, 15) is 9.90 Å². The minimum atomic E-state index is 0.122. The van der Waals surface area contributed by atoms with Crippen LogP contribution < -0.4 is 4.74 Å². The molecule has 4 nitrogen and oxygen atoms in total. The Kier molecular flexibility index (Phi) is 5.41. The third-order valence-electron chi connectivity index (χ3n) is 3.80. The number of nitrogens with zero attached hydrogens (tertiary/aromatic N) is 1. The molecule has 1 aromatic carbocycles. The summed E-state index contributed by atoms with van der Waals surface area (Å²) in [5, 5.41) is 9.18. The number of carbonyl (C=O) groups excluding carboxylic acids is 1. The monoisotopic (exact) mass is 277 g/mol. The highest BCUT2D eigenvalue weighted by Gasteiger charge is 2.22. The maximum Gasteiger partial charge on any atom is 0.226 e. The van der Waals surface area contributed by atoms with Gasteiger partial charge in [-0.2, -0.15) is 0 Å². The average molecular weight is 277 g/mol. The van der Waals surface area contributed by atoms with Crippen LogP contribution in [0.5, 0.6) is 5.75 Å². The van der Waals surface area contributed by atoms with Crippen LogP contribution in [0.25, 0.3) is 0 Å². The summed E-state index contributed by atoms with van der Waals surface area (Å²) in [6.45, 7) is 4.06. The van der Waals surface area contributed by atoms with Gasteiger partial charge in [-0.25, -0.2) is 0 Å². The second-order valence-corrected chi connectivity index (χ2v) is 5.39. The second-order valence-electron chi connectivity index (χ2n) is 5.39. The van der Waals surface area contributed by atoms with E-state index in [2.05, 4.69) is 0 Å². The molecule has 110 valence electrons. The molecule has 2 rings (SSSR count). The minimum Gasteiger partial charge on any atom is -0.493 e. The number of amides is 1. The molecule has 0 aliphatic carbocycles. The van der Waals surface area contributed by atoms with Gasteiger partial charge in [-0.1, -0.05) is 18.2 Å². The van der Waals surface area contributed by atoms with Crippen LogP contribution >= 0.6 is 0 Å². The van der Waals surface area contributed by atoms with Gasteiger partial charge in [0.1, 0.15) is 5.75 Å². The summed E-state index contributed by atoms with van der Waals surface area (Å²) in [5.41, 5.74) is 1.08. The fourth-order valence-corrected chi connectivity index (χ4v) is 2.57. The van der Waals surface area contributed by atoms with E-state index in [0.29, 0.717) is 19.6 Å². The zero-order chi connectivity index (χ0) is 14.4. The molecule has 0 bridgehead atoms. The van der Waals surface area contributed by atoms with Crippen molar-refractivity contribution in [2.75, 3.05) is 26.3 Å². The van der Waals surface area contributed by atoms with Gasteiger partial charge in [0.05, 0.1) is 13.0 Å². The molecule has 1 amide bonds. The van der Waals surface area contributed by atoms with Crippen LogP contribution in [0.4, 0.5) is 0 Å². The first-order valence-electron chi connectivity index (χ1n) is 7.27. The van der Waals surface area contributed by atoms with Crippen LogP contribution in [0.3, 0.4) is 0 Å². The molecule has 0 spiro atoms. The van der Waals surface area contributed by atoms with E-state index in [1.165, 1.54) is 0 Å². The van der Waals surface area contributed by atoms with Crippen LogP contribution in [-0.4, -0.2) is 42.2 Å². The molecule has 1 N–H and O–H groups in total. The quantitative estimate of drug-likeness (QED) is 0.895. The summed E-state index contributed by atoms with van der Waals surface area (Å²) in [4.78, 5) is 14.0. The fourth-order valence-electron chi connectivity index (χ4n) is 2.57. The van der Waals surface area contributed by atoms with Crippen molar-refractivity contribution < 1.29 is 14.6 Å². The number of carbonyl (C=O) groups is 1. The number of aryl methyl sites for hydroxylation is 1. The number of piperidine rings is 1.